The van der Waals surface area contributed by atoms with Crippen LogP contribution in [0.4, 0.5) is 0 Å². The van der Waals surface area contributed by atoms with Crippen LogP contribution in [0.5, 0.6) is 0 Å². The first kappa shape index (κ1) is 13.7. The van der Waals surface area contributed by atoms with Crippen molar-refractivity contribution in [1.29, 1.82) is 0 Å². The number of fused-ring (bicyclic) bond motifs is 1. The van der Waals surface area contributed by atoms with Gasteiger partial charge in [0.2, 0.25) is 0 Å². The number of carbonyl (C=O) groups is 1. The maximum Gasteiger partial charge on any atom is 0.183 e. The third kappa shape index (κ3) is 2.28. The molecule has 20 heavy (non-hydrogen) atoms. The normalized spacial score (nSPS) is 17.5. The molecule has 2 aromatic rings. The molecule has 0 spiro atoms. The second-order valence-corrected chi connectivity index (χ2v) is 6.55. The fourth-order valence-corrected chi connectivity index (χ4v) is 3.68. The van der Waals surface area contributed by atoms with Crippen LogP contribution in [-0.4, -0.2) is 42.5 Å². The van der Waals surface area contributed by atoms with Gasteiger partial charge >= 0.3 is 0 Å². The van der Waals surface area contributed by atoms with Crippen molar-refractivity contribution >= 4 is 27.2 Å². The summed E-state index contributed by atoms with van der Waals surface area (Å²) in [6.45, 7) is 7.10. The van der Waals surface area contributed by atoms with E-state index in [1.165, 1.54) is 0 Å². The number of hydrogen-bond acceptors (Lipinski definition) is 4. The van der Waals surface area contributed by atoms with Gasteiger partial charge in [-0.25, -0.2) is 0 Å². The quantitative estimate of drug-likeness (QED) is 0.813. The Labute approximate surface area is 123 Å². The highest BCUT2D eigenvalue weighted by atomic mass is 32.1. The summed E-state index contributed by atoms with van der Waals surface area (Å²) < 4.78 is 6.48. The molecule has 1 aliphatic rings. The van der Waals surface area contributed by atoms with Crippen LogP contribution in [-0.2, 0) is 4.74 Å². The Bertz CT molecular complexity index is 626. The first-order valence-corrected chi connectivity index (χ1v) is 7.82. The van der Waals surface area contributed by atoms with E-state index in [1.54, 1.807) is 11.3 Å². The summed E-state index contributed by atoms with van der Waals surface area (Å²) in [5.74, 6) is 0.201. The van der Waals surface area contributed by atoms with Gasteiger partial charge in [0.05, 0.1) is 18.8 Å². The summed E-state index contributed by atoms with van der Waals surface area (Å²) in [5, 5.41) is 3.20. The molecule has 1 fully saturated rings. The zero-order chi connectivity index (χ0) is 14.2. The van der Waals surface area contributed by atoms with Crippen LogP contribution in [0.25, 0.3) is 10.1 Å². The van der Waals surface area contributed by atoms with Crippen LogP contribution in [0, 0.1) is 0 Å². The topological polar surface area (TPSA) is 29.5 Å². The van der Waals surface area contributed by atoms with Crippen molar-refractivity contribution < 1.29 is 9.53 Å². The Balaban J connectivity index is 1.96. The van der Waals surface area contributed by atoms with E-state index in [2.05, 4.69) is 17.0 Å². The zero-order valence-electron chi connectivity index (χ0n) is 11.9. The van der Waals surface area contributed by atoms with Gasteiger partial charge in [-0.1, -0.05) is 12.1 Å². The molecule has 0 saturated carbocycles. The number of carbonyl (C=O) groups excluding carboxylic acids is 1. The molecule has 3 rings (SSSR count). The molecule has 0 radical (unpaired) electrons. The molecule has 1 aromatic heterocycles. The van der Waals surface area contributed by atoms with Crippen LogP contribution in [0.2, 0.25) is 0 Å². The van der Waals surface area contributed by atoms with Crippen LogP contribution >= 0.6 is 11.3 Å². The standard InChI is InChI=1S/C16H19NO2S/c1-16(2,17-7-9-19-10-8-17)15(18)13-5-3-4-12-6-11-20-14(12)13/h3-6,11H,7-10H2,1-2H3. The minimum absolute atomic E-state index is 0.201. The molecule has 2 heterocycles. The number of benzene rings is 1. The van der Waals surface area contributed by atoms with Crippen molar-refractivity contribution in [2.24, 2.45) is 0 Å². The second kappa shape index (κ2) is 5.28. The molecule has 4 heteroatoms. The predicted octanol–water partition coefficient (Wildman–Crippen LogP) is 3.19. The third-order valence-electron chi connectivity index (χ3n) is 4.08. The first-order valence-electron chi connectivity index (χ1n) is 6.94. The minimum Gasteiger partial charge on any atom is -0.379 e. The number of hydrogen-bond donors (Lipinski definition) is 0. The molecular formula is C16H19NO2S. The fourth-order valence-electron chi connectivity index (χ4n) is 2.77. The summed E-state index contributed by atoms with van der Waals surface area (Å²) in [4.78, 5) is 15.2. The Hall–Kier alpha value is -1.23. The van der Waals surface area contributed by atoms with Gasteiger partial charge in [-0.3, -0.25) is 9.69 Å². The highest BCUT2D eigenvalue weighted by Gasteiger charge is 2.36. The molecule has 0 unspecified atom stereocenters. The molecule has 3 nitrogen and oxygen atoms in total. The SMILES string of the molecule is CC(C)(C(=O)c1cccc2ccsc12)N1CCOCC1. The van der Waals surface area contributed by atoms with E-state index < -0.39 is 5.54 Å². The van der Waals surface area contributed by atoms with Gasteiger partial charge in [0.25, 0.3) is 0 Å². The van der Waals surface area contributed by atoms with Crippen LogP contribution in [0.3, 0.4) is 0 Å². The summed E-state index contributed by atoms with van der Waals surface area (Å²) in [6.07, 6.45) is 0. The molecule has 1 aliphatic heterocycles. The maximum atomic E-state index is 13.0. The maximum absolute atomic E-state index is 13.0. The number of Topliss-reactive ketones (excluding diaryl/α,β-unsaturated/α-hetero) is 1. The molecule has 0 bridgehead atoms. The summed E-state index contributed by atoms with van der Waals surface area (Å²) in [5.41, 5.74) is 0.358. The van der Waals surface area contributed by atoms with Gasteiger partial charge in [0, 0.05) is 23.4 Å². The van der Waals surface area contributed by atoms with Crippen molar-refractivity contribution in [3.8, 4) is 0 Å². The summed E-state index contributed by atoms with van der Waals surface area (Å²) >= 11 is 1.64. The van der Waals surface area contributed by atoms with Crippen molar-refractivity contribution in [2.75, 3.05) is 26.3 Å². The van der Waals surface area contributed by atoms with Gasteiger partial charge < -0.3 is 4.74 Å². The summed E-state index contributed by atoms with van der Waals surface area (Å²) in [7, 11) is 0. The van der Waals surface area contributed by atoms with Gasteiger partial charge in [-0.2, -0.15) is 0 Å². The van der Waals surface area contributed by atoms with Gasteiger partial charge in [-0.15, -0.1) is 11.3 Å². The van der Waals surface area contributed by atoms with E-state index in [9.17, 15) is 4.79 Å². The summed E-state index contributed by atoms with van der Waals surface area (Å²) in [6, 6.07) is 8.05. The molecule has 1 aromatic carbocycles. The average molecular weight is 289 g/mol. The Morgan fingerprint density at radius 1 is 1.25 bits per heavy atom. The Morgan fingerprint density at radius 2 is 2.00 bits per heavy atom. The van der Waals surface area contributed by atoms with Crippen LogP contribution < -0.4 is 0 Å². The number of thiophene rings is 1. The number of ether oxygens (including phenoxy) is 1. The van der Waals surface area contributed by atoms with Gasteiger partial charge in [0.1, 0.15) is 0 Å². The van der Waals surface area contributed by atoms with Crippen LogP contribution in [0.1, 0.15) is 24.2 Å². The first-order chi connectivity index (χ1) is 9.60. The lowest BCUT2D eigenvalue weighted by atomic mass is 9.90. The van der Waals surface area contributed by atoms with E-state index in [4.69, 9.17) is 4.74 Å². The van der Waals surface area contributed by atoms with Crippen molar-refractivity contribution in [3.63, 3.8) is 0 Å². The Morgan fingerprint density at radius 3 is 2.75 bits per heavy atom. The van der Waals surface area contributed by atoms with Crippen LogP contribution in [0.15, 0.2) is 29.6 Å². The lowest BCUT2D eigenvalue weighted by molar-refractivity contribution is -0.00423. The van der Waals surface area contributed by atoms with Gasteiger partial charge in [0.15, 0.2) is 5.78 Å². The van der Waals surface area contributed by atoms with E-state index in [-0.39, 0.29) is 5.78 Å². The second-order valence-electron chi connectivity index (χ2n) is 5.63. The molecule has 106 valence electrons. The smallest absolute Gasteiger partial charge is 0.183 e. The monoisotopic (exact) mass is 289 g/mol. The number of rotatable bonds is 3. The molecular weight excluding hydrogens is 270 g/mol. The zero-order valence-corrected chi connectivity index (χ0v) is 12.7. The van der Waals surface area contributed by atoms with Crippen molar-refractivity contribution in [3.05, 3.63) is 35.2 Å². The lowest BCUT2D eigenvalue weighted by Gasteiger charge is -2.39. The lowest BCUT2D eigenvalue weighted by Crippen LogP contribution is -2.54. The average Bonchev–Trinajstić information content (AvgIpc) is 2.95. The Kier molecular flexibility index (Phi) is 3.63. The molecule has 0 atom stereocenters. The molecule has 0 N–H and O–H groups in total. The fraction of sp³-hybridized carbons (Fsp3) is 0.438. The van der Waals surface area contributed by atoms with Crippen molar-refractivity contribution in [2.45, 2.75) is 19.4 Å². The van der Waals surface area contributed by atoms with E-state index >= 15 is 0 Å². The largest absolute Gasteiger partial charge is 0.379 e. The van der Waals surface area contributed by atoms with Gasteiger partial charge in [-0.05, 0) is 36.7 Å². The molecule has 0 aliphatic carbocycles. The molecule has 1 saturated heterocycles. The minimum atomic E-state index is -0.484. The van der Waals surface area contributed by atoms with Crippen molar-refractivity contribution in [1.82, 2.24) is 4.90 Å². The third-order valence-corrected chi connectivity index (χ3v) is 5.04. The predicted molar refractivity (Wildman–Crippen MR) is 82.6 cm³/mol. The molecule has 0 amide bonds. The van der Waals surface area contributed by atoms with E-state index in [1.807, 2.05) is 31.4 Å². The number of ketones is 1. The number of nitrogens with zero attached hydrogens (tertiary/aromatic N) is 1. The number of morpholine rings is 1. The van der Waals surface area contributed by atoms with E-state index in [0.717, 1.165) is 28.7 Å². The highest BCUT2D eigenvalue weighted by molar-refractivity contribution is 7.17. The highest BCUT2D eigenvalue weighted by Crippen LogP contribution is 2.29. The van der Waals surface area contributed by atoms with E-state index in [0.29, 0.717) is 13.2 Å².